The van der Waals surface area contributed by atoms with Crippen molar-refractivity contribution in [1.82, 2.24) is 30.2 Å². The molecule has 0 radical (unpaired) electrons. The molecule has 1 N–H and O–H groups in total. The third-order valence-electron chi connectivity index (χ3n) is 4.44. The molecule has 3 aromatic heterocycles. The first kappa shape index (κ1) is 17.9. The SMILES string of the molecule is Cc1ccc(-n2nnnc2S[C@H](C)c2nc3sc(C)c(C)c3c(=O)[nH]2)cc1. The van der Waals surface area contributed by atoms with Crippen LogP contribution in [0, 0.1) is 20.8 Å². The molecule has 0 aliphatic carbocycles. The van der Waals surface area contributed by atoms with E-state index >= 15 is 0 Å². The lowest BCUT2D eigenvalue weighted by Gasteiger charge is -2.10. The molecule has 0 spiro atoms. The Kier molecular flexibility index (Phi) is 4.56. The summed E-state index contributed by atoms with van der Waals surface area (Å²) in [6.07, 6.45) is 0. The fourth-order valence-electron chi connectivity index (χ4n) is 2.78. The number of hydrogen-bond acceptors (Lipinski definition) is 7. The maximum atomic E-state index is 12.5. The second-order valence-electron chi connectivity index (χ2n) is 6.38. The highest BCUT2D eigenvalue weighted by Gasteiger charge is 2.19. The molecule has 7 nitrogen and oxygen atoms in total. The smallest absolute Gasteiger partial charge is 0.259 e. The number of hydrogen-bond donors (Lipinski definition) is 1. The number of aromatic amines is 1. The predicted octanol–water partition coefficient (Wildman–Crippen LogP) is 3.74. The number of fused-ring (bicyclic) bond motifs is 1. The summed E-state index contributed by atoms with van der Waals surface area (Å²) in [5.41, 5.74) is 2.97. The Balaban J connectivity index is 1.66. The van der Waals surface area contributed by atoms with Crippen molar-refractivity contribution in [2.24, 2.45) is 0 Å². The minimum absolute atomic E-state index is 0.0950. The molecule has 1 atom stereocenters. The van der Waals surface area contributed by atoms with Gasteiger partial charge in [-0.2, -0.15) is 4.68 Å². The second kappa shape index (κ2) is 6.90. The van der Waals surface area contributed by atoms with Crippen molar-refractivity contribution in [3.05, 3.63) is 56.4 Å². The molecule has 4 aromatic rings. The van der Waals surface area contributed by atoms with Gasteiger partial charge in [0.15, 0.2) is 0 Å². The summed E-state index contributed by atoms with van der Waals surface area (Å²) in [6.45, 7) is 7.98. The molecule has 9 heteroatoms. The van der Waals surface area contributed by atoms with E-state index in [0.717, 1.165) is 21.0 Å². The summed E-state index contributed by atoms with van der Waals surface area (Å²) in [6, 6.07) is 7.99. The Morgan fingerprint density at radius 3 is 2.67 bits per heavy atom. The third-order valence-corrected chi connectivity index (χ3v) is 6.59. The maximum Gasteiger partial charge on any atom is 0.259 e. The fourth-order valence-corrected chi connectivity index (χ4v) is 4.68. The van der Waals surface area contributed by atoms with Gasteiger partial charge in [-0.05, 0) is 55.8 Å². The molecule has 138 valence electrons. The van der Waals surface area contributed by atoms with E-state index in [1.165, 1.54) is 17.3 Å². The van der Waals surface area contributed by atoms with E-state index in [0.29, 0.717) is 16.4 Å². The van der Waals surface area contributed by atoms with Crippen molar-refractivity contribution in [2.45, 2.75) is 38.1 Å². The van der Waals surface area contributed by atoms with Crippen molar-refractivity contribution >= 4 is 33.3 Å². The van der Waals surface area contributed by atoms with E-state index < -0.39 is 0 Å². The predicted molar refractivity (Wildman–Crippen MR) is 108 cm³/mol. The number of rotatable bonds is 4. The molecule has 1 aromatic carbocycles. The second-order valence-corrected chi connectivity index (χ2v) is 8.89. The van der Waals surface area contributed by atoms with Crippen LogP contribution in [0.25, 0.3) is 15.9 Å². The molecule has 0 amide bonds. The lowest BCUT2D eigenvalue weighted by molar-refractivity contribution is 0.753. The lowest BCUT2D eigenvalue weighted by Crippen LogP contribution is -2.12. The zero-order valence-electron chi connectivity index (χ0n) is 15.3. The standard InChI is InChI=1S/C18H18N6OS2/c1-9-5-7-13(8-6-9)24-18(21-22-23-24)27-12(4)15-19-16(25)14-10(2)11(3)26-17(14)20-15/h5-8,12H,1-4H3,(H,19,20,25)/t12-/m1/s1. The number of nitrogens with zero attached hydrogens (tertiary/aromatic N) is 5. The highest BCUT2D eigenvalue weighted by atomic mass is 32.2. The summed E-state index contributed by atoms with van der Waals surface area (Å²) in [5, 5.41) is 13.2. The topological polar surface area (TPSA) is 89.3 Å². The van der Waals surface area contributed by atoms with Gasteiger partial charge in [0.2, 0.25) is 5.16 Å². The van der Waals surface area contributed by atoms with Gasteiger partial charge in [0, 0.05) is 4.88 Å². The summed E-state index contributed by atoms with van der Waals surface area (Å²) >= 11 is 3.00. The van der Waals surface area contributed by atoms with E-state index in [4.69, 9.17) is 0 Å². The van der Waals surface area contributed by atoms with Gasteiger partial charge < -0.3 is 4.98 Å². The molecule has 0 fully saturated rings. The van der Waals surface area contributed by atoms with E-state index in [2.05, 4.69) is 25.5 Å². The van der Waals surface area contributed by atoms with Crippen LogP contribution in [0.4, 0.5) is 0 Å². The Morgan fingerprint density at radius 1 is 1.19 bits per heavy atom. The molecule has 27 heavy (non-hydrogen) atoms. The van der Waals surface area contributed by atoms with E-state index in [9.17, 15) is 4.79 Å². The van der Waals surface area contributed by atoms with Crippen LogP contribution in [0.3, 0.4) is 0 Å². The number of H-pyrrole nitrogens is 1. The van der Waals surface area contributed by atoms with Crippen LogP contribution < -0.4 is 5.56 Å². The van der Waals surface area contributed by atoms with Crippen molar-refractivity contribution in [1.29, 1.82) is 0 Å². The number of tetrazole rings is 1. The zero-order chi connectivity index (χ0) is 19.1. The van der Waals surface area contributed by atoms with Crippen LogP contribution in [-0.4, -0.2) is 30.2 Å². The highest BCUT2D eigenvalue weighted by molar-refractivity contribution is 7.99. The van der Waals surface area contributed by atoms with Crippen LogP contribution in [0.2, 0.25) is 0 Å². The number of aryl methyl sites for hydroxylation is 3. The summed E-state index contributed by atoms with van der Waals surface area (Å²) in [7, 11) is 0. The fraction of sp³-hybridized carbons (Fsp3) is 0.278. The molecular weight excluding hydrogens is 380 g/mol. The molecule has 0 saturated carbocycles. The molecule has 0 unspecified atom stereocenters. The van der Waals surface area contributed by atoms with Crippen LogP contribution in [0.1, 0.15) is 34.0 Å². The van der Waals surface area contributed by atoms with Crippen LogP contribution in [0.5, 0.6) is 0 Å². The van der Waals surface area contributed by atoms with E-state index in [-0.39, 0.29) is 10.8 Å². The van der Waals surface area contributed by atoms with Crippen LogP contribution in [-0.2, 0) is 0 Å². The van der Waals surface area contributed by atoms with E-state index in [1.54, 1.807) is 16.0 Å². The molecule has 0 bridgehead atoms. The summed E-state index contributed by atoms with van der Waals surface area (Å²) < 4.78 is 1.69. The molecule has 0 aliphatic rings. The number of aromatic nitrogens is 6. The quantitative estimate of drug-likeness (QED) is 0.527. The third kappa shape index (κ3) is 3.28. The van der Waals surface area contributed by atoms with Gasteiger partial charge in [-0.25, -0.2) is 4.98 Å². The number of benzene rings is 1. The monoisotopic (exact) mass is 398 g/mol. The van der Waals surface area contributed by atoms with E-state index in [1.807, 2.05) is 52.0 Å². The number of thiophene rings is 1. The van der Waals surface area contributed by atoms with Gasteiger partial charge in [0.25, 0.3) is 5.56 Å². The van der Waals surface area contributed by atoms with Gasteiger partial charge in [-0.1, -0.05) is 29.5 Å². The minimum atomic E-state index is -0.111. The Labute approximate surface area is 163 Å². The normalized spacial score (nSPS) is 12.6. The average molecular weight is 399 g/mol. The van der Waals surface area contributed by atoms with Gasteiger partial charge >= 0.3 is 0 Å². The molecule has 0 saturated heterocycles. The Bertz CT molecular complexity index is 1180. The average Bonchev–Trinajstić information content (AvgIpc) is 3.20. The van der Waals surface area contributed by atoms with Crippen LogP contribution >= 0.6 is 23.1 Å². The van der Waals surface area contributed by atoms with Crippen molar-refractivity contribution in [2.75, 3.05) is 0 Å². The molecular formula is C18H18N6OS2. The highest BCUT2D eigenvalue weighted by Crippen LogP contribution is 2.34. The largest absolute Gasteiger partial charge is 0.309 e. The first-order valence-electron chi connectivity index (χ1n) is 8.46. The lowest BCUT2D eigenvalue weighted by atomic mass is 10.2. The summed E-state index contributed by atoms with van der Waals surface area (Å²) in [5.74, 6) is 0.622. The maximum absolute atomic E-state index is 12.5. The minimum Gasteiger partial charge on any atom is -0.309 e. The Morgan fingerprint density at radius 2 is 1.93 bits per heavy atom. The van der Waals surface area contributed by atoms with Crippen molar-refractivity contribution in [3.63, 3.8) is 0 Å². The molecule has 3 heterocycles. The number of thioether (sulfide) groups is 1. The van der Waals surface area contributed by atoms with Gasteiger partial charge in [-0.15, -0.1) is 16.4 Å². The van der Waals surface area contributed by atoms with Gasteiger partial charge in [0.1, 0.15) is 10.7 Å². The number of nitrogens with one attached hydrogen (secondary N) is 1. The molecule has 4 rings (SSSR count). The Hall–Kier alpha value is -2.52. The molecule has 0 aliphatic heterocycles. The van der Waals surface area contributed by atoms with Gasteiger partial charge in [-0.3, -0.25) is 4.79 Å². The zero-order valence-corrected chi connectivity index (χ0v) is 17.0. The van der Waals surface area contributed by atoms with Crippen LogP contribution in [0.15, 0.2) is 34.2 Å². The van der Waals surface area contributed by atoms with Crippen molar-refractivity contribution < 1.29 is 0 Å². The first-order valence-corrected chi connectivity index (χ1v) is 10.2. The first-order chi connectivity index (χ1) is 12.9. The van der Waals surface area contributed by atoms with Crippen molar-refractivity contribution in [3.8, 4) is 5.69 Å². The van der Waals surface area contributed by atoms with Gasteiger partial charge in [0.05, 0.1) is 16.3 Å². The summed E-state index contributed by atoms with van der Waals surface area (Å²) in [4.78, 5) is 22.0.